The lowest BCUT2D eigenvalue weighted by Crippen LogP contribution is -2.33. The predicted molar refractivity (Wildman–Crippen MR) is 104 cm³/mol. The summed E-state index contributed by atoms with van der Waals surface area (Å²) < 4.78 is 10.9. The van der Waals surface area contributed by atoms with Crippen LogP contribution in [0.1, 0.15) is 33.6 Å². The molecule has 1 heterocycles. The van der Waals surface area contributed by atoms with Gasteiger partial charge in [0.05, 0.1) is 6.61 Å². The summed E-state index contributed by atoms with van der Waals surface area (Å²) in [4.78, 5) is 15.7. The van der Waals surface area contributed by atoms with E-state index in [-0.39, 0.29) is 0 Å². The van der Waals surface area contributed by atoms with E-state index in [1.807, 2.05) is 63.2 Å². The van der Waals surface area contributed by atoms with Crippen LogP contribution in [0, 0.1) is 0 Å². The molecule has 0 unspecified atom stereocenters. The molecular formula is C20H25ClN2O3. The zero-order valence-electron chi connectivity index (χ0n) is 15.4. The monoisotopic (exact) mass is 376 g/mol. The van der Waals surface area contributed by atoms with Crippen LogP contribution < -0.4 is 10.1 Å². The van der Waals surface area contributed by atoms with Gasteiger partial charge in [0.1, 0.15) is 10.8 Å². The van der Waals surface area contributed by atoms with E-state index in [1.54, 1.807) is 0 Å². The highest BCUT2D eigenvalue weighted by Gasteiger charge is 2.15. The molecule has 26 heavy (non-hydrogen) atoms. The van der Waals surface area contributed by atoms with Crippen molar-refractivity contribution in [2.24, 2.45) is 0 Å². The SMILES string of the molecule is CC(C)(C)OC(=O)NCCCCOc1cc(-c2ccccc2)cc(Cl)n1. The minimum absolute atomic E-state index is 0.396. The van der Waals surface area contributed by atoms with Gasteiger partial charge in [0, 0.05) is 12.6 Å². The fourth-order valence-electron chi connectivity index (χ4n) is 2.25. The Hall–Kier alpha value is -2.27. The van der Waals surface area contributed by atoms with E-state index in [2.05, 4.69) is 10.3 Å². The Morgan fingerprint density at radius 3 is 2.54 bits per heavy atom. The van der Waals surface area contributed by atoms with Gasteiger partial charge in [-0.2, -0.15) is 0 Å². The standard InChI is InChI=1S/C20H25ClN2O3/c1-20(2,3)26-19(24)22-11-7-8-12-25-18-14-16(13-17(21)23-18)15-9-5-4-6-10-15/h4-6,9-10,13-14H,7-8,11-12H2,1-3H3,(H,22,24). The molecule has 0 aliphatic carbocycles. The Bertz CT molecular complexity index is 715. The number of ether oxygens (including phenoxy) is 2. The highest BCUT2D eigenvalue weighted by atomic mass is 35.5. The average molecular weight is 377 g/mol. The molecule has 2 aromatic rings. The first-order valence-corrected chi connectivity index (χ1v) is 9.04. The highest BCUT2D eigenvalue weighted by molar-refractivity contribution is 6.29. The minimum atomic E-state index is -0.484. The zero-order chi connectivity index (χ0) is 19.0. The van der Waals surface area contributed by atoms with Gasteiger partial charge in [-0.3, -0.25) is 0 Å². The molecule has 0 aliphatic rings. The van der Waals surface area contributed by atoms with Crippen molar-refractivity contribution in [3.05, 3.63) is 47.6 Å². The van der Waals surface area contributed by atoms with Gasteiger partial charge in [0.25, 0.3) is 0 Å². The van der Waals surface area contributed by atoms with Gasteiger partial charge in [-0.25, -0.2) is 9.78 Å². The maximum Gasteiger partial charge on any atom is 0.407 e. The van der Waals surface area contributed by atoms with Crippen molar-refractivity contribution in [2.45, 2.75) is 39.2 Å². The van der Waals surface area contributed by atoms with Gasteiger partial charge in [0.15, 0.2) is 0 Å². The lowest BCUT2D eigenvalue weighted by atomic mass is 10.1. The number of halogens is 1. The van der Waals surface area contributed by atoms with Gasteiger partial charge in [-0.15, -0.1) is 0 Å². The number of pyridine rings is 1. The highest BCUT2D eigenvalue weighted by Crippen LogP contribution is 2.25. The number of hydrogen-bond donors (Lipinski definition) is 1. The Kier molecular flexibility index (Phi) is 7.27. The van der Waals surface area contributed by atoms with Crippen LogP contribution in [0.15, 0.2) is 42.5 Å². The second-order valence-corrected chi connectivity index (χ2v) is 7.25. The number of amides is 1. The van der Waals surface area contributed by atoms with E-state index in [9.17, 15) is 4.79 Å². The lowest BCUT2D eigenvalue weighted by Gasteiger charge is -2.19. The van der Waals surface area contributed by atoms with E-state index >= 15 is 0 Å². The van der Waals surface area contributed by atoms with Crippen LogP contribution in [-0.4, -0.2) is 29.8 Å². The molecule has 1 aromatic heterocycles. The second kappa shape index (κ2) is 9.43. The fraction of sp³-hybridized carbons (Fsp3) is 0.400. The lowest BCUT2D eigenvalue weighted by molar-refractivity contribution is 0.0526. The molecule has 6 heteroatoms. The van der Waals surface area contributed by atoms with Crippen LogP contribution >= 0.6 is 11.6 Å². The molecule has 140 valence electrons. The van der Waals surface area contributed by atoms with Crippen LogP contribution in [0.25, 0.3) is 11.1 Å². The third-order valence-corrected chi connectivity index (χ3v) is 3.56. The Morgan fingerprint density at radius 1 is 1.12 bits per heavy atom. The number of carbonyl (C=O) groups is 1. The van der Waals surface area contributed by atoms with Crippen LogP contribution in [0.4, 0.5) is 4.79 Å². The number of hydrogen-bond acceptors (Lipinski definition) is 4. The molecule has 1 N–H and O–H groups in total. The first kappa shape index (κ1) is 20.0. The van der Waals surface area contributed by atoms with Gasteiger partial charge in [-0.05, 0) is 50.8 Å². The quantitative estimate of drug-likeness (QED) is 0.540. The molecule has 1 amide bonds. The fourth-order valence-corrected chi connectivity index (χ4v) is 2.45. The maximum absolute atomic E-state index is 11.5. The summed E-state index contributed by atoms with van der Waals surface area (Å²) in [6.45, 7) is 6.54. The summed E-state index contributed by atoms with van der Waals surface area (Å²) >= 11 is 6.10. The Morgan fingerprint density at radius 2 is 1.85 bits per heavy atom. The second-order valence-electron chi connectivity index (χ2n) is 6.87. The number of nitrogens with one attached hydrogen (secondary N) is 1. The van der Waals surface area contributed by atoms with Crippen molar-refractivity contribution in [3.8, 4) is 17.0 Å². The van der Waals surface area contributed by atoms with Gasteiger partial charge in [-0.1, -0.05) is 41.9 Å². The minimum Gasteiger partial charge on any atom is -0.478 e. The number of alkyl carbamates (subject to hydrolysis) is 1. The van der Waals surface area contributed by atoms with Gasteiger partial charge < -0.3 is 14.8 Å². The number of unbranched alkanes of at least 4 members (excludes halogenated alkanes) is 1. The van der Waals surface area contributed by atoms with Crippen molar-refractivity contribution in [1.29, 1.82) is 0 Å². The molecule has 0 saturated heterocycles. The summed E-state index contributed by atoms with van der Waals surface area (Å²) in [5.74, 6) is 0.497. The topological polar surface area (TPSA) is 60.5 Å². The van der Waals surface area contributed by atoms with Crippen LogP contribution in [0.3, 0.4) is 0 Å². The Balaban J connectivity index is 1.75. The van der Waals surface area contributed by atoms with Crippen molar-refractivity contribution >= 4 is 17.7 Å². The van der Waals surface area contributed by atoms with E-state index < -0.39 is 11.7 Å². The molecular weight excluding hydrogens is 352 g/mol. The summed E-state index contributed by atoms with van der Waals surface area (Å²) in [7, 11) is 0. The molecule has 1 aromatic carbocycles. The zero-order valence-corrected chi connectivity index (χ0v) is 16.2. The van der Waals surface area contributed by atoms with E-state index in [4.69, 9.17) is 21.1 Å². The number of nitrogens with zero attached hydrogens (tertiary/aromatic N) is 1. The molecule has 0 atom stereocenters. The van der Waals surface area contributed by atoms with E-state index in [0.29, 0.717) is 24.2 Å². The largest absolute Gasteiger partial charge is 0.478 e. The van der Waals surface area contributed by atoms with Crippen LogP contribution in [0.2, 0.25) is 5.15 Å². The van der Waals surface area contributed by atoms with Crippen molar-refractivity contribution in [1.82, 2.24) is 10.3 Å². The number of carbonyl (C=O) groups excluding carboxylic acids is 1. The normalized spacial score (nSPS) is 11.1. The van der Waals surface area contributed by atoms with Crippen LogP contribution in [-0.2, 0) is 4.74 Å². The first-order chi connectivity index (χ1) is 12.3. The molecule has 0 saturated carbocycles. The molecule has 5 nitrogen and oxygen atoms in total. The summed E-state index contributed by atoms with van der Waals surface area (Å²) in [6, 6.07) is 13.6. The average Bonchev–Trinajstić information content (AvgIpc) is 2.57. The van der Waals surface area contributed by atoms with Crippen molar-refractivity contribution in [3.63, 3.8) is 0 Å². The summed E-state index contributed by atoms with van der Waals surface area (Å²) in [5.41, 5.74) is 1.54. The molecule has 0 bridgehead atoms. The van der Waals surface area contributed by atoms with Crippen molar-refractivity contribution < 1.29 is 14.3 Å². The smallest absolute Gasteiger partial charge is 0.407 e. The molecule has 0 spiro atoms. The first-order valence-electron chi connectivity index (χ1n) is 8.66. The van der Waals surface area contributed by atoms with Gasteiger partial charge in [0.2, 0.25) is 5.88 Å². The van der Waals surface area contributed by atoms with Crippen molar-refractivity contribution in [2.75, 3.05) is 13.2 Å². The Labute approximate surface area is 159 Å². The maximum atomic E-state index is 11.5. The van der Waals surface area contributed by atoms with Crippen LogP contribution in [0.5, 0.6) is 5.88 Å². The number of rotatable bonds is 7. The third-order valence-electron chi connectivity index (χ3n) is 3.37. The summed E-state index contributed by atoms with van der Waals surface area (Å²) in [5, 5.41) is 3.12. The molecule has 2 rings (SSSR count). The van der Waals surface area contributed by atoms with E-state index in [0.717, 1.165) is 24.0 Å². The predicted octanol–water partition coefficient (Wildman–Crippen LogP) is 5.09. The molecule has 0 aliphatic heterocycles. The molecule has 0 radical (unpaired) electrons. The van der Waals surface area contributed by atoms with E-state index in [1.165, 1.54) is 0 Å². The number of benzene rings is 1. The summed E-state index contributed by atoms with van der Waals surface area (Å²) in [6.07, 6.45) is 1.16. The molecule has 0 fully saturated rings. The van der Waals surface area contributed by atoms with Gasteiger partial charge >= 0.3 is 6.09 Å². The third kappa shape index (κ3) is 7.31. The number of aromatic nitrogens is 1.